The van der Waals surface area contributed by atoms with Crippen LogP contribution in [-0.2, 0) is 4.79 Å². The number of aliphatic hydroxyl groups is 1. The average Bonchev–Trinajstić information content (AvgIpc) is 2.35. The van der Waals surface area contributed by atoms with Gasteiger partial charge in [0.05, 0.1) is 5.92 Å². The topological polar surface area (TPSA) is 37.3 Å². The number of carbonyl (C=O) groups is 1. The second kappa shape index (κ2) is 9.36. The van der Waals surface area contributed by atoms with Crippen molar-refractivity contribution in [3.63, 3.8) is 0 Å². The first-order valence-corrected chi connectivity index (χ1v) is 11.4. The molecule has 0 rings (SSSR count). The molecule has 0 radical (unpaired) electrons. The van der Waals surface area contributed by atoms with E-state index in [0.717, 1.165) is 25.5 Å². The zero-order valence-corrected chi connectivity index (χ0v) is 15.0. The van der Waals surface area contributed by atoms with E-state index in [9.17, 15) is 9.90 Å². The second-order valence-electron chi connectivity index (χ2n) is 6.95. The molecular formula is C17H32O2Si. The molecule has 2 unspecified atom stereocenters. The van der Waals surface area contributed by atoms with E-state index in [1.165, 1.54) is 25.7 Å². The highest BCUT2D eigenvalue weighted by molar-refractivity contribution is 6.83. The summed E-state index contributed by atoms with van der Waals surface area (Å²) >= 11 is 0. The maximum Gasteiger partial charge on any atom is 0.131 e. The van der Waals surface area contributed by atoms with Crippen molar-refractivity contribution in [2.75, 3.05) is 0 Å². The quantitative estimate of drug-likeness (QED) is 0.300. The Morgan fingerprint density at radius 1 is 1.15 bits per heavy atom. The maximum atomic E-state index is 11.2. The number of hydrogen-bond acceptors (Lipinski definition) is 2. The summed E-state index contributed by atoms with van der Waals surface area (Å²) in [4.78, 5) is 11.2. The number of aldehydes is 1. The van der Waals surface area contributed by atoms with Crippen molar-refractivity contribution in [2.24, 2.45) is 5.92 Å². The molecular weight excluding hydrogens is 264 g/mol. The number of hydrogen-bond donors (Lipinski definition) is 1. The Morgan fingerprint density at radius 3 is 2.20 bits per heavy atom. The predicted molar refractivity (Wildman–Crippen MR) is 89.3 cm³/mol. The second-order valence-corrected chi connectivity index (χ2v) is 11.7. The van der Waals surface area contributed by atoms with E-state index in [1.807, 2.05) is 0 Å². The zero-order chi connectivity index (χ0) is 15.6. The first kappa shape index (κ1) is 19.4. The lowest BCUT2D eigenvalue weighted by Gasteiger charge is -2.24. The SMILES string of the molecule is CCCCCCCCC(C=O)C(C)(O)C#C[Si](C)(C)C. The Balaban J connectivity index is 4.29. The van der Waals surface area contributed by atoms with E-state index in [1.54, 1.807) is 6.92 Å². The largest absolute Gasteiger partial charge is 0.377 e. The molecule has 0 heterocycles. The zero-order valence-electron chi connectivity index (χ0n) is 14.0. The molecule has 0 aromatic heterocycles. The van der Waals surface area contributed by atoms with Crippen molar-refractivity contribution in [3.8, 4) is 11.5 Å². The normalized spacial score (nSPS) is 15.9. The molecule has 0 saturated heterocycles. The van der Waals surface area contributed by atoms with Crippen LogP contribution in [-0.4, -0.2) is 25.1 Å². The number of rotatable bonds is 9. The fourth-order valence-electron chi connectivity index (χ4n) is 2.03. The summed E-state index contributed by atoms with van der Waals surface area (Å²) in [6.07, 6.45) is 8.79. The van der Waals surface area contributed by atoms with Crippen LogP contribution in [0.3, 0.4) is 0 Å². The van der Waals surface area contributed by atoms with Gasteiger partial charge in [0.2, 0.25) is 0 Å². The van der Waals surface area contributed by atoms with Crippen LogP contribution in [0.5, 0.6) is 0 Å². The lowest BCUT2D eigenvalue weighted by molar-refractivity contribution is -0.116. The molecule has 116 valence electrons. The monoisotopic (exact) mass is 296 g/mol. The number of carbonyl (C=O) groups excluding carboxylic acids is 1. The predicted octanol–water partition coefficient (Wildman–Crippen LogP) is 4.18. The van der Waals surface area contributed by atoms with E-state index in [2.05, 4.69) is 38.0 Å². The number of unbranched alkanes of at least 4 members (excludes halogenated alkanes) is 5. The third kappa shape index (κ3) is 9.33. The van der Waals surface area contributed by atoms with Crippen molar-refractivity contribution in [3.05, 3.63) is 0 Å². The third-order valence-corrected chi connectivity index (χ3v) is 4.32. The van der Waals surface area contributed by atoms with Crippen molar-refractivity contribution >= 4 is 14.4 Å². The average molecular weight is 297 g/mol. The van der Waals surface area contributed by atoms with Gasteiger partial charge >= 0.3 is 0 Å². The molecule has 0 saturated carbocycles. The maximum absolute atomic E-state index is 11.2. The minimum absolute atomic E-state index is 0.363. The molecule has 0 spiro atoms. The lowest BCUT2D eigenvalue weighted by Crippen LogP contribution is -2.35. The summed E-state index contributed by atoms with van der Waals surface area (Å²) in [6, 6.07) is 0. The summed E-state index contributed by atoms with van der Waals surface area (Å²) in [5, 5.41) is 10.4. The Morgan fingerprint density at radius 2 is 1.70 bits per heavy atom. The van der Waals surface area contributed by atoms with Gasteiger partial charge in [0.25, 0.3) is 0 Å². The van der Waals surface area contributed by atoms with E-state index in [-0.39, 0.29) is 5.92 Å². The fraction of sp³-hybridized carbons (Fsp3) is 0.824. The Kier molecular flexibility index (Phi) is 9.08. The Labute approximate surface area is 126 Å². The first-order valence-electron chi connectivity index (χ1n) is 7.95. The van der Waals surface area contributed by atoms with Crippen molar-refractivity contribution in [2.45, 2.75) is 84.0 Å². The van der Waals surface area contributed by atoms with Crippen molar-refractivity contribution in [1.29, 1.82) is 0 Å². The summed E-state index contributed by atoms with van der Waals surface area (Å²) in [7, 11) is -1.52. The van der Waals surface area contributed by atoms with Crippen LogP contribution >= 0.6 is 0 Å². The molecule has 1 N–H and O–H groups in total. The molecule has 0 fully saturated rings. The first-order chi connectivity index (χ1) is 9.23. The van der Waals surface area contributed by atoms with Gasteiger partial charge in [0, 0.05) is 0 Å². The van der Waals surface area contributed by atoms with Gasteiger partial charge in [-0.1, -0.05) is 71.0 Å². The van der Waals surface area contributed by atoms with E-state index in [0.29, 0.717) is 0 Å². The van der Waals surface area contributed by atoms with Crippen LogP contribution in [0.25, 0.3) is 0 Å². The molecule has 3 heteroatoms. The van der Waals surface area contributed by atoms with Gasteiger partial charge in [-0.2, -0.15) is 0 Å². The lowest BCUT2D eigenvalue weighted by atomic mass is 9.86. The van der Waals surface area contributed by atoms with Crippen molar-refractivity contribution < 1.29 is 9.90 Å². The van der Waals surface area contributed by atoms with Gasteiger partial charge in [-0.15, -0.1) is 5.54 Å². The molecule has 0 aromatic carbocycles. The smallest absolute Gasteiger partial charge is 0.131 e. The van der Waals surface area contributed by atoms with Crippen molar-refractivity contribution in [1.82, 2.24) is 0 Å². The molecule has 0 bridgehead atoms. The molecule has 0 aliphatic rings. The molecule has 0 aliphatic heterocycles. The molecule has 0 amide bonds. The van der Waals surface area contributed by atoms with E-state index in [4.69, 9.17) is 0 Å². The third-order valence-electron chi connectivity index (χ3n) is 3.45. The molecule has 2 atom stereocenters. The van der Waals surface area contributed by atoms with Gasteiger partial charge in [0.15, 0.2) is 0 Å². The summed E-state index contributed by atoms with van der Waals surface area (Å²) in [5.74, 6) is 2.58. The van der Waals surface area contributed by atoms with Crippen LogP contribution in [0.15, 0.2) is 0 Å². The Bertz CT molecular complexity index is 331. The highest BCUT2D eigenvalue weighted by Crippen LogP contribution is 2.22. The van der Waals surface area contributed by atoms with E-state index < -0.39 is 13.7 Å². The van der Waals surface area contributed by atoms with Crippen LogP contribution in [0.2, 0.25) is 19.6 Å². The molecule has 20 heavy (non-hydrogen) atoms. The van der Waals surface area contributed by atoms with E-state index >= 15 is 0 Å². The molecule has 2 nitrogen and oxygen atoms in total. The van der Waals surface area contributed by atoms with Gasteiger partial charge in [-0.25, -0.2) is 0 Å². The minimum Gasteiger partial charge on any atom is -0.377 e. The van der Waals surface area contributed by atoms with Crippen LogP contribution in [0, 0.1) is 17.4 Å². The van der Waals surface area contributed by atoms with Crippen LogP contribution < -0.4 is 0 Å². The summed E-state index contributed by atoms with van der Waals surface area (Å²) in [5.41, 5.74) is 2.00. The van der Waals surface area contributed by atoms with Crippen LogP contribution in [0.1, 0.15) is 58.8 Å². The highest BCUT2D eigenvalue weighted by Gasteiger charge is 2.29. The molecule has 0 aromatic rings. The van der Waals surface area contributed by atoms with Gasteiger partial charge in [0.1, 0.15) is 20.0 Å². The van der Waals surface area contributed by atoms with Gasteiger partial charge < -0.3 is 9.90 Å². The highest BCUT2D eigenvalue weighted by atomic mass is 28.3. The van der Waals surface area contributed by atoms with Gasteiger partial charge in [-0.05, 0) is 13.3 Å². The standard InChI is InChI=1S/C17H32O2Si/c1-6-7-8-9-10-11-12-16(15-18)17(2,19)13-14-20(3,4)5/h15-16,19H,6-12H2,1-5H3. The fourth-order valence-corrected chi connectivity index (χ4v) is 2.66. The van der Waals surface area contributed by atoms with Crippen LogP contribution in [0.4, 0.5) is 0 Å². The minimum atomic E-state index is -1.52. The summed E-state index contributed by atoms with van der Waals surface area (Å²) < 4.78 is 0. The molecule has 0 aliphatic carbocycles. The van der Waals surface area contributed by atoms with Gasteiger partial charge in [-0.3, -0.25) is 0 Å². The summed E-state index contributed by atoms with van der Waals surface area (Å²) in [6.45, 7) is 10.3. The Hall–Kier alpha value is -0.593.